The van der Waals surface area contributed by atoms with E-state index in [2.05, 4.69) is 15.9 Å². The minimum absolute atomic E-state index is 0.0917. The maximum atomic E-state index is 10.3. The summed E-state index contributed by atoms with van der Waals surface area (Å²) in [5.74, 6) is 0.0917. The topological polar surface area (TPSA) is 37.3 Å². The molecule has 70 valence electrons. The van der Waals surface area contributed by atoms with E-state index < -0.39 is 0 Å². The van der Waals surface area contributed by atoms with Crippen molar-refractivity contribution in [2.45, 2.75) is 13.3 Å². The fourth-order valence-corrected chi connectivity index (χ4v) is 1.81. The van der Waals surface area contributed by atoms with E-state index in [-0.39, 0.29) is 12.2 Å². The van der Waals surface area contributed by atoms with Gasteiger partial charge in [-0.1, -0.05) is 11.6 Å². The number of hydrogen-bond donors (Lipinski definition) is 1. The van der Waals surface area contributed by atoms with Gasteiger partial charge < -0.3 is 9.90 Å². The van der Waals surface area contributed by atoms with Gasteiger partial charge in [-0.15, -0.1) is 0 Å². The van der Waals surface area contributed by atoms with Gasteiger partial charge in [0.15, 0.2) is 0 Å². The van der Waals surface area contributed by atoms with Gasteiger partial charge in [0, 0.05) is 17.0 Å². The van der Waals surface area contributed by atoms with Gasteiger partial charge in [0.2, 0.25) is 0 Å². The van der Waals surface area contributed by atoms with Crippen LogP contribution in [0.1, 0.15) is 11.1 Å². The second-order valence-electron chi connectivity index (χ2n) is 2.68. The monoisotopic (exact) mass is 262 g/mol. The lowest BCUT2D eigenvalue weighted by molar-refractivity contribution is -0.107. The Kier molecular flexibility index (Phi) is 3.33. The summed E-state index contributed by atoms with van der Waals surface area (Å²) < 4.78 is 0.553. The molecule has 0 saturated heterocycles. The highest BCUT2D eigenvalue weighted by Gasteiger charge is 2.11. The molecule has 1 aromatic carbocycles. The van der Waals surface area contributed by atoms with Crippen LogP contribution in [0, 0.1) is 6.92 Å². The van der Waals surface area contributed by atoms with Crippen LogP contribution in [0.5, 0.6) is 5.75 Å². The third kappa shape index (κ3) is 2.03. The van der Waals surface area contributed by atoms with E-state index in [4.69, 9.17) is 11.6 Å². The second-order valence-corrected chi connectivity index (χ2v) is 3.88. The van der Waals surface area contributed by atoms with E-state index in [0.29, 0.717) is 15.1 Å². The number of phenols is 1. The molecule has 13 heavy (non-hydrogen) atoms. The highest BCUT2D eigenvalue weighted by atomic mass is 79.9. The molecule has 0 spiro atoms. The minimum Gasteiger partial charge on any atom is -0.506 e. The van der Waals surface area contributed by atoms with Crippen molar-refractivity contribution in [1.29, 1.82) is 0 Å². The molecule has 0 radical (unpaired) electrons. The van der Waals surface area contributed by atoms with Crippen molar-refractivity contribution in [3.8, 4) is 5.75 Å². The molecule has 1 N–H and O–H groups in total. The zero-order valence-corrected chi connectivity index (χ0v) is 9.32. The van der Waals surface area contributed by atoms with Gasteiger partial charge in [-0.05, 0) is 34.5 Å². The number of carbonyl (C=O) groups excluding carboxylic acids is 1. The molecule has 4 heteroatoms. The van der Waals surface area contributed by atoms with Gasteiger partial charge in [-0.3, -0.25) is 0 Å². The van der Waals surface area contributed by atoms with Crippen LogP contribution in [-0.4, -0.2) is 11.4 Å². The summed E-state index contributed by atoms with van der Waals surface area (Å²) in [4.78, 5) is 10.3. The summed E-state index contributed by atoms with van der Waals surface area (Å²) in [6.07, 6.45) is 0.900. The number of carbonyl (C=O) groups is 1. The number of benzene rings is 1. The summed E-state index contributed by atoms with van der Waals surface area (Å²) in [6, 6.07) is 1.60. The van der Waals surface area contributed by atoms with E-state index in [0.717, 1.165) is 11.8 Å². The normalized spacial score (nSPS) is 10.1. The Labute approximate surface area is 89.7 Å². The zero-order valence-electron chi connectivity index (χ0n) is 6.97. The Morgan fingerprint density at radius 2 is 2.31 bits per heavy atom. The lowest BCUT2D eigenvalue weighted by atomic mass is 10.1. The Balaban J connectivity index is 3.31. The maximum absolute atomic E-state index is 10.3. The van der Waals surface area contributed by atoms with E-state index >= 15 is 0 Å². The Morgan fingerprint density at radius 3 is 2.85 bits per heavy atom. The van der Waals surface area contributed by atoms with Crippen molar-refractivity contribution in [1.82, 2.24) is 0 Å². The summed E-state index contributed by atoms with van der Waals surface area (Å²) in [5.41, 5.74) is 1.31. The molecular formula is C9H8BrClO2. The van der Waals surface area contributed by atoms with Gasteiger partial charge >= 0.3 is 0 Å². The summed E-state index contributed by atoms with van der Waals surface area (Å²) >= 11 is 9.07. The molecule has 0 fully saturated rings. The van der Waals surface area contributed by atoms with Crippen LogP contribution in [0.2, 0.25) is 5.02 Å². The van der Waals surface area contributed by atoms with Crippen LogP contribution in [0.4, 0.5) is 0 Å². The third-order valence-electron chi connectivity index (χ3n) is 1.80. The van der Waals surface area contributed by atoms with Crippen LogP contribution in [-0.2, 0) is 11.2 Å². The lowest BCUT2D eigenvalue weighted by Crippen LogP contribution is -1.90. The molecule has 0 aromatic heterocycles. The van der Waals surface area contributed by atoms with Crippen molar-refractivity contribution >= 4 is 33.8 Å². The fourth-order valence-electron chi connectivity index (χ4n) is 0.998. The lowest BCUT2D eigenvalue weighted by Gasteiger charge is -2.07. The van der Waals surface area contributed by atoms with Crippen LogP contribution in [0.15, 0.2) is 10.5 Å². The van der Waals surface area contributed by atoms with Crippen LogP contribution in [0.3, 0.4) is 0 Å². The summed E-state index contributed by atoms with van der Waals surface area (Å²) in [6.45, 7) is 1.79. The predicted molar refractivity (Wildman–Crippen MR) is 55.3 cm³/mol. The van der Waals surface area contributed by atoms with Gasteiger partial charge in [0.1, 0.15) is 12.0 Å². The summed E-state index contributed by atoms with van der Waals surface area (Å²) in [7, 11) is 0. The molecule has 0 heterocycles. The number of halogens is 2. The SMILES string of the molecule is Cc1c(Cl)cc(CC=O)c(O)c1Br. The number of phenolic OH excluding ortho intramolecular Hbond substituents is 1. The van der Waals surface area contributed by atoms with E-state index in [1.54, 1.807) is 13.0 Å². The van der Waals surface area contributed by atoms with Crippen molar-refractivity contribution in [2.75, 3.05) is 0 Å². The van der Waals surface area contributed by atoms with Crippen molar-refractivity contribution in [3.05, 3.63) is 26.7 Å². The van der Waals surface area contributed by atoms with Crippen LogP contribution in [0.25, 0.3) is 0 Å². The van der Waals surface area contributed by atoms with Crippen LogP contribution < -0.4 is 0 Å². The maximum Gasteiger partial charge on any atom is 0.133 e. The van der Waals surface area contributed by atoms with Gasteiger partial charge in [-0.25, -0.2) is 0 Å². The van der Waals surface area contributed by atoms with Crippen molar-refractivity contribution in [2.24, 2.45) is 0 Å². The number of aromatic hydroxyl groups is 1. The van der Waals surface area contributed by atoms with Gasteiger partial charge in [0.05, 0.1) is 4.47 Å². The number of rotatable bonds is 2. The van der Waals surface area contributed by atoms with E-state index in [9.17, 15) is 9.90 Å². The minimum atomic E-state index is 0.0917. The largest absolute Gasteiger partial charge is 0.506 e. The first-order valence-electron chi connectivity index (χ1n) is 3.68. The molecular weight excluding hydrogens is 255 g/mol. The first-order chi connectivity index (χ1) is 6.07. The smallest absolute Gasteiger partial charge is 0.133 e. The van der Waals surface area contributed by atoms with E-state index in [1.807, 2.05) is 0 Å². The second kappa shape index (κ2) is 4.11. The standard InChI is InChI=1S/C9H8BrClO2/c1-5-7(11)4-6(2-3-12)9(13)8(5)10/h3-4,13H,2H2,1H3. The molecule has 0 saturated carbocycles. The first kappa shape index (κ1) is 10.5. The molecule has 1 aromatic rings. The average molecular weight is 264 g/mol. The molecule has 0 aliphatic carbocycles. The number of aldehydes is 1. The van der Waals surface area contributed by atoms with Gasteiger partial charge in [-0.2, -0.15) is 0 Å². The highest BCUT2D eigenvalue weighted by molar-refractivity contribution is 9.10. The van der Waals surface area contributed by atoms with Crippen molar-refractivity contribution in [3.63, 3.8) is 0 Å². The van der Waals surface area contributed by atoms with Gasteiger partial charge in [0.25, 0.3) is 0 Å². The third-order valence-corrected chi connectivity index (χ3v) is 3.17. The fraction of sp³-hybridized carbons (Fsp3) is 0.222. The Hall–Kier alpha value is -0.540. The zero-order chi connectivity index (χ0) is 10.0. The van der Waals surface area contributed by atoms with E-state index in [1.165, 1.54) is 0 Å². The molecule has 0 aliphatic heterocycles. The first-order valence-corrected chi connectivity index (χ1v) is 4.85. The molecule has 0 amide bonds. The Bertz CT molecular complexity index is 350. The van der Waals surface area contributed by atoms with Crippen molar-refractivity contribution < 1.29 is 9.90 Å². The molecule has 2 nitrogen and oxygen atoms in total. The predicted octanol–water partition coefficient (Wildman–Crippen LogP) is 2.86. The molecule has 1 rings (SSSR count). The Morgan fingerprint density at radius 1 is 1.69 bits per heavy atom. The molecule has 0 bridgehead atoms. The quantitative estimate of drug-likeness (QED) is 0.833. The molecule has 0 atom stereocenters. The molecule has 0 aliphatic rings. The highest BCUT2D eigenvalue weighted by Crippen LogP contribution is 2.35. The molecule has 0 unspecified atom stereocenters. The average Bonchev–Trinajstić information content (AvgIpc) is 2.11. The summed E-state index contributed by atoms with van der Waals surface area (Å²) in [5, 5.41) is 10.1. The van der Waals surface area contributed by atoms with Crippen LogP contribution >= 0.6 is 27.5 Å². The number of hydrogen-bond acceptors (Lipinski definition) is 2.